The first-order chi connectivity index (χ1) is 15.7. The Morgan fingerprint density at radius 1 is 0.906 bits per heavy atom. The summed E-state index contributed by atoms with van der Waals surface area (Å²) in [6.07, 6.45) is 3.39. The third-order valence-corrected chi connectivity index (χ3v) is 5.41. The Morgan fingerprint density at radius 3 is 2.44 bits per heavy atom. The lowest BCUT2D eigenvalue weighted by Crippen LogP contribution is -2.25. The summed E-state index contributed by atoms with van der Waals surface area (Å²) in [5.74, 6) is -0.259. The average molecular weight is 440 g/mol. The van der Waals surface area contributed by atoms with Gasteiger partial charge in [0, 0.05) is 41.2 Å². The molecule has 0 fully saturated rings. The molecule has 7 heteroatoms. The predicted octanol–water partition coefficient (Wildman–Crippen LogP) is 5.04. The maximum atomic E-state index is 13.2. The van der Waals surface area contributed by atoms with Crippen molar-refractivity contribution in [3.8, 4) is 22.5 Å². The molecule has 0 saturated heterocycles. The standard InChI is InChI=1S/C25H18ClN5O/c26-20-9-5-4-8-19(20)22-14-23(25(32)28-16-17-10-12-27-13-11-17)31-24(29-22)15-21(30-31)18-6-2-1-3-7-18/h1-15H,16H2,(H,28,32). The van der Waals surface area contributed by atoms with Crippen molar-refractivity contribution in [2.45, 2.75) is 6.54 Å². The monoisotopic (exact) mass is 439 g/mol. The van der Waals surface area contributed by atoms with E-state index in [1.165, 1.54) is 0 Å². The summed E-state index contributed by atoms with van der Waals surface area (Å²) < 4.78 is 1.57. The van der Waals surface area contributed by atoms with E-state index in [1.807, 2.05) is 66.7 Å². The molecule has 3 heterocycles. The van der Waals surface area contributed by atoms with Crippen LogP contribution in [0.5, 0.6) is 0 Å². The van der Waals surface area contributed by atoms with Gasteiger partial charge in [-0.25, -0.2) is 9.50 Å². The van der Waals surface area contributed by atoms with Crippen LogP contribution in [0.2, 0.25) is 5.02 Å². The Kier molecular flexibility index (Phi) is 5.35. The van der Waals surface area contributed by atoms with Crippen LogP contribution in [0, 0.1) is 0 Å². The van der Waals surface area contributed by atoms with Crippen molar-refractivity contribution in [2.24, 2.45) is 0 Å². The molecule has 1 amide bonds. The van der Waals surface area contributed by atoms with Gasteiger partial charge in [0.2, 0.25) is 0 Å². The molecule has 5 aromatic rings. The van der Waals surface area contributed by atoms with E-state index >= 15 is 0 Å². The molecule has 6 nitrogen and oxygen atoms in total. The predicted molar refractivity (Wildman–Crippen MR) is 124 cm³/mol. The van der Waals surface area contributed by atoms with Gasteiger partial charge < -0.3 is 5.32 Å². The minimum atomic E-state index is -0.259. The molecule has 0 unspecified atom stereocenters. The van der Waals surface area contributed by atoms with Crippen LogP contribution < -0.4 is 5.32 Å². The van der Waals surface area contributed by atoms with Gasteiger partial charge in [0.15, 0.2) is 5.65 Å². The van der Waals surface area contributed by atoms with Gasteiger partial charge in [-0.05, 0) is 29.8 Å². The highest BCUT2D eigenvalue weighted by Gasteiger charge is 2.18. The number of pyridine rings is 1. The zero-order chi connectivity index (χ0) is 21.9. The molecule has 0 aliphatic carbocycles. The van der Waals surface area contributed by atoms with Gasteiger partial charge >= 0.3 is 0 Å². The molecule has 0 bridgehead atoms. The highest BCUT2D eigenvalue weighted by atomic mass is 35.5. The number of aromatic nitrogens is 4. The van der Waals surface area contributed by atoms with Crippen molar-refractivity contribution in [3.63, 3.8) is 0 Å². The van der Waals surface area contributed by atoms with Crippen molar-refractivity contribution in [2.75, 3.05) is 0 Å². The third kappa shape index (κ3) is 3.96. The molecular weight excluding hydrogens is 422 g/mol. The zero-order valence-electron chi connectivity index (χ0n) is 16.9. The van der Waals surface area contributed by atoms with Crippen LogP contribution in [0.15, 0.2) is 91.3 Å². The SMILES string of the molecule is O=C(NCc1ccncc1)c1cc(-c2ccccc2Cl)nc2cc(-c3ccccc3)nn12. The Labute approximate surface area is 189 Å². The van der Waals surface area contributed by atoms with Gasteiger partial charge in [-0.3, -0.25) is 9.78 Å². The van der Waals surface area contributed by atoms with E-state index in [4.69, 9.17) is 16.6 Å². The number of amides is 1. The first-order valence-corrected chi connectivity index (χ1v) is 10.4. The second-order valence-corrected chi connectivity index (χ2v) is 7.62. The molecule has 0 atom stereocenters. The summed E-state index contributed by atoms with van der Waals surface area (Å²) >= 11 is 6.42. The number of hydrogen-bond donors (Lipinski definition) is 1. The van der Waals surface area contributed by atoms with Gasteiger partial charge in [-0.1, -0.05) is 60.1 Å². The van der Waals surface area contributed by atoms with E-state index in [0.717, 1.165) is 22.4 Å². The topological polar surface area (TPSA) is 72.2 Å². The van der Waals surface area contributed by atoms with Crippen LogP contribution >= 0.6 is 11.6 Å². The van der Waals surface area contributed by atoms with Crippen LogP contribution in [0.3, 0.4) is 0 Å². The minimum Gasteiger partial charge on any atom is -0.347 e. The maximum absolute atomic E-state index is 13.2. The van der Waals surface area contributed by atoms with Gasteiger partial charge in [0.1, 0.15) is 5.69 Å². The van der Waals surface area contributed by atoms with Gasteiger partial charge in [-0.15, -0.1) is 0 Å². The lowest BCUT2D eigenvalue weighted by atomic mass is 10.1. The van der Waals surface area contributed by atoms with Crippen molar-refractivity contribution >= 4 is 23.2 Å². The number of nitrogens with zero attached hydrogens (tertiary/aromatic N) is 4. The fraction of sp³-hybridized carbons (Fsp3) is 0.0400. The first kappa shape index (κ1) is 19.9. The van der Waals surface area contributed by atoms with Crippen molar-refractivity contribution in [1.29, 1.82) is 0 Å². The molecule has 32 heavy (non-hydrogen) atoms. The van der Waals surface area contributed by atoms with E-state index in [9.17, 15) is 4.79 Å². The quantitative estimate of drug-likeness (QED) is 0.416. The number of hydrogen-bond acceptors (Lipinski definition) is 4. The lowest BCUT2D eigenvalue weighted by Gasteiger charge is -2.10. The Bertz CT molecular complexity index is 1400. The van der Waals surface area contributed by atoms with E-state index < -0.39 is 0 Å². The smallest absolute Gasteiger partial charge is 0.270 e. The van der Waals surface area contributed by atoms with E-state index in [-0.39, 0.29) is 5.91 Å². The molecule has 0 radical (unpaired) electrons. The molecule has 0 aliphatic heterocycles. The molecule has 0 spiro atoms. The minimum absolute atomic E-state index is 0.259. The lowest BCUT2D eigenvalue weighted by molar-refractivity contribution is 0.0943. The first-order valence-electron chi connectivity index (χ1n) is 10.1. The van der Waals surface area contributed by atoms with Crippen LogP contribution in [0.1, 0.15) is 16.1 Å². The fourth-order valence-electron chi connectivity index (χ4n) is 3.47. The number of rotatable bonds is 5. The Balaban J connectivity index is 1.60. The zero-order valence-corrected chi connectivity index (χ0v) is 17.7. The van der Waals surface area contributed by atoms with Crippen LogP contribution in [0.25, 0.3) is 28.2 Å². The summed E-state index contributed by atoms with van der Waals surface area (Å²) in [7, 11) is 0. The summed E-state index contributed by atoms with van der Waals surface area (Å²) in [5.41, 5.74) is 4.93. The maximum Gasteiger partial charge on any atom is 0.270 e. The highest BCUT2D eigenvalue weighted by molar-refractivity contribution is 6.33. The van der Waals surface area contributed by atoms with Crippen LogP contribution in [-0.2, 0) is 6.54 Å². The van der Waals surface area contributed by atoms with Crippen LogP contribution in [-0.4, -0.2) is 25.5 Å². The normalized spacial score (nSPS) is 10.9. The summed E-state index contributed by atoms with van der Waals surface area (Å²) in [5, 5.41) is 8.19. The molecular formula is C25H18ClN5O. The van der Waals surface area contributed by atoms with Crippen molar-refractivity contribution < 1.29 is 4.79 Å². The van der Waals surface area contributed by atoms with Gasteiger partial charge in [0.25, 0.3) is 5.91 Å². The number of benzene rings is 2. The van der Waals surface area contributed by atoms with Crippen molar-refractivity contribution in [3.05, 3.63) is 108 Å². The highest BCUT2D eigenvalue weighted by Crippen LogP contribution is 2.28. The van der Waals surface area contributed by atoms with E-state index in [1.54, 1.807) is 29.0 Å². The second kappa shape index (κ2) is 8.61. The fourth-order valence-corrected chi connectivity index (χ4v) is 3.70. The van der Waals surface area contributed by atoms with E-state index in [2.05, 4.69) is 15.4 Å². The molecule has 2 aromatic carbocycles. The van der Waals surface area contributed by atoms with Crippen molar-refractivity contribution in [1.82, 2.24) is 24.9 Å². The summed E-state index contributed by atoms with van der Waals surface area (Å²) in [4.78, 5) is 21.9. The average Bonchev–Trinajstić information content (AvgIpc) is 3.28. The van der Waals surface area contributed by atoms with Gasteiger partial charge in [0.05, 0.1) is 11.4 Å². The van der Waals surface area contributed by atoms with Gasteiger partial charge in [-0.2, -0.15) is 5.10 Å². The number of fused-ring (bicyclic) bond motifs is 1. The number of carbonyl (C=O) groups is 1. The molecule has 0 saturated carbocycles. The largest absolute Gasteiger partial charge is 0.347 e. The molecule has 5 rings (SSSR count). The Morgan fingerprint density at radius 2 is 1.66 bits per heavy atom. The molecule has 3 aromatic heterocycles. The number of halogens is 1. The van der Waals surface area contributed by atoms with Crippen LogP contribution in [0.4, 0.5) is 0 Å². The molecule has 1 N–H and O–H groups in total. The second-order valence-electron chi connectivity index (χ2n) is 7.21. The summed E-state index contributed by atoms with van der Waals surface area (Å²) in [6.45, 7) is 0.374. The molecule has 0 aliphatic rings. The van der Waals surface area contributed by atoms with E-state index in [0.29, 0.717) is 28.6 Å². The Hall–Kier alpha value is -4.03. The third-order valence-electron chi connectivity index (χ3n) is 5.08. The molecule has 156 valence electrons. The number of nitrogens with one attached hydrogen (secondary N) is 1. The number of carbonyl (C=O) groups excluding carboxylic acids is 1. The summed E-state index contributed by atoms with van der Waals surface area (Å²) in [6, 6.07) is 24.5.